The first-order valence-electron chi connectivity index (χ1n) is 6.52. The molecule has 0 amide bonds. The minimum Gasteiger partial charge on any atom is -0.383 e. The zero-order chi connectivity index (χ0) is 13.2. The SMILES string of the molecule is CCCn1ncnc1CN(C)CCNCCOC. The van der Waals surface area contributed by atoms with Crippen LogP contribution in [0, 0.1) is 0 Å². The summed E-state index contributed by atoms with van der Waals surface area (Å²) in [5, 5.41) is 7.55. The number of aromatic nitrogens is 3. The predicted molar refractivity (Wildman–Crippen MR) is 71.4 cm³/mol. The Balaban J connectivity index is 2.22. The van der Waals surface area contributed by atoms with Crippen molar-refractivity contribution in [2.45, 2.75) is 26.4 Å². The third kappa shape index (κ3) is 5.57. The van der Waals surface area contributed by atoms with Gasteiger partial charge in [0, 0.05) is 33.3 Å². The van der Waals surface area contributed by atoms with E-state index >= 15 is 0 Å². The van der Waals surface area contributed by atoms with E-state index in [-0.39, 0.29) is 0 Å². The van der Waals surface area contributed by atoms with Gasteiger partial charge in [-0.25, -0.2) is 9.67 Å². The maximum atomic E-state index is 4.98. The summed E-state index contributed by atoms with van der Waals surface area (Å²) in [4.78, 5) is 6.55. The van der Waals surface area contributed by atoms with Gasteiger partial charge in [0.2, 0.25) is 0 Å². The van der Waals surface area contributed by atoms with Crippen LogP contribution in [0.25, 0.3) is 0 Å². The fourth-order valence-electron chi connectivity index (χ4n) is 1.70. The van der Waals surface area contributed by atoms with Crippen molar-refractivity contribution in [3.63, 3.8) is 0 Å². The number of hydrogen-bond acceptors (Lipinski definition) is 5. The number of nitrogens with one attached hydrogen (secondary N) is 1. The van der Waals surface area contributed by atoms with Crippen LogP contribution in [0.15, 0.2) is 6.33 Å². The maximum Gasteiger partial charge on any atom is 0.140 e. The van der Waals surface area contributed by atoms with Crippen LogP contribution in [0.2, 0.25) is 0 Å². The van der Waals surface area contributed by atoms with Crippen LogP contribution in [-0.2, 0) is 17.8 Å². The Kier molecular flexibility index (Phi) is 7.55. The van der Waals surface area contributed by atoms with Crippen molar-refractivity contribution >= 4 is 0 Å². The smallest absolute Gasteiger partial charge is 0.140 e. The highest BCUT2D eigenvalue weighted by Crippen LogP contribution is 1.99. The van der Waals surface area contributed by atoms with Gasteiger partial charge in [-0.05, 0) is 13.5 Å². The van der Waals surface area contributed by atoms with Crippen LogP contribution in [0.1, 0.15) is 19.2 Å². The van der Waals surface area contributed by atoms with E-state index < -0.39 is 0 Å². The number of hydrogen-bond donors (Lipinski definition) is 1. The summed E-state index contributed by atoms with van der Waals surface area (Å²) in [6.45, 7) is 7.53. The second-order valence-electron chi connectivity index (χ2n) is 4.38. The molecule has 1 rings (SSSR count). The molecule has 0 aliphatic carbocycles. The van der Waals surface area contributed by atoms with Crippen LogP contribution in [-0.4, -0.2) is 60.1 Å². The third-order valence-electron chi connectivity index (χ3n) is 2.70. The van der Waals surface area contributed by atoms with E-state index in [1.807, 2.05) is 4.68 Å². The first-order valence-corrected chi connectivity index (χ1v) is 6.52. The van der Waals surface area contributed by atoms with Gasteiger partial charge in [-0.15, -0.1) is 0 Å². The van der Waals surface area contributed by atoms with Crippen LogP contribution in [0.4, 0.5) is 0 Å². The Bertz CT molecular complexity index is 315. The van der Waals surface area contributed by atoms with Crippen LogP contribution in [0.5, 0.6) is 0 Å². The molecule has 0 saturated carbocycles. The zero-order valence-corrected chi connectivity index (χ0v) is 11.7. The first kappa shape index (κ1) is 15.1. The van der Waals surface area contributed by atoms with E-state index in [1.54, 1.807) is 13.4 Å². The molecule has 0 saturated heterocycles. The topological polar surface area (TPSA) is 55.2 Å². The largest absolute Gasteiger partial charge is 0.383 e. The van der Waals surface area contributed by atoms with Crippen molar-refractivity contribution in [3.05, 3.63) is 12.2 Å². The second-order valence-corrected chi connectivity index (χ2v) is 4.38. The Morgan fingerprint density at radius 1 is 1.44 bits per heavy atom. The van der Waals surface area contributed by atoms with Gasteiger partial charge in [0.15, 0.2) is 0 Å². The quantitative estimate of drug-likeness (QED) is 0.612. The van der Waals surface area contributed by atoms with Gasteiger partial charge in [-0.2, -0.15) is 5.10 Å². The average Bonchev–Trinajstić information content (AvgIpc) is 2.77. The molecule has 0 aliphatic rings. The molecule has 0 fully saturated rings. The molecule has 6 nitrogen and oxygen atoms in total. The molecule has 18 heavy (non-hydrogen) atoms. The van der Waals surface area contributed by atoms with Gasteiger partial charge in [-0.3, -0.25) is 4.90 Å². The molecule has 104 valence electrons. The standard InChI is InChI=1S/C12H25N5O/c1-4-7-17-12(14-11-15-17)10-16(2)8-5-13-6-9-18-3/h11,13H,4-10H2,1-3H3. The minimum absolute atomic E-state index is 0.758. The number of likely N-dealkylation sites (N-methyl/N-ethyl adjacent to an activating group) is 1. The molecule has 6 heteroatoms. The second kappa shape index (κ2) is 9.02. The predicted octanol–water partition coefficient (Wildman–Crippen LogP) is 0.356. The highest BCUT2D eigenvalue weighted by molar-refractivity contribution is 4.84. The molecule has 0 aromatic carbocycles. The third-order valence-corrected chi connectivity index (χ3v) is 2.70. The molecule has 0 radical (unpaired) electrons. The van der Waals surface area contributed by atoms with Gasteiger partial charge < -0.3 is 10.1 Å². The molecule has 1 heterocycles. The van der Waals surface area contributed by atoms with Crippen LogP contribution in [0.3, 0.4) is 0 Å². The van der Waals surface area contributed by atoms with Crippen molar-refractivity contribution in [2.24, 2.45) is 0 Å². The van der Waals surface area contributed by atoms with Crippen LogP contribution >= 0.6 is 0 Å². The lowest BCUT2D eigenvalue weighted by molar-refractivity contribution is 0.197. The summed E-state index contributed by atoms with van der Waals surface area (Å²) in [6.07, 6.45) is 2.72. The average molecular weight is 255 g/mol. The number of nitrogens with zero attached hydrogens (tertiary/aromatic N) is 4. The molecule has 0 spiro atoms. The van der Waals surface area contributed by atoms with Gasteiger partial charge >= 0.3 is 0 Å². The van der Waals surface area contributed by atoms with E-state index in [2.05, 4.69) is 34.3 Å². The molecule has 1 aromatic rings. The summed E-state index contributed by atoms with van der Waals surface area (Å²) in [6, 6.07) is 0. The molecular formula is C12H25N5O. The van der Waals surface area contributed by atoms with Gasteiger partial charge in [0.1, 0.15) is 12.2 Å². The fraction of sp³-hybridized carbons (Fsp3) is 0.833. The molecular weight excluding hydrogens is 230 g/mol. The Labute approximate surface area is 109 Å². The Hall–Kier alpha value is -0.980. The number of aryl methyl sites for hydroxylation is 1. The van der Waals surface area contributed by atoms with E-state index in [0.717, 1.165) is 51.6 Å². The monoisotopic (exact) mass is 255 g/mol. The summed E-state index contributed by atoms with van der Waals surface area (Å²) in [5.74, 6) is 1.04. The molecule has 0 aliphatic heterocycles. The maximum absolute atomic E-state index is 4.98. The Morgan fingerprint density at radius 3 is 3.00 bits per heavy atom. The van der Waals surface area contributed by atoms with Crippen molar-refractivity contribution in [3.8, 4) is 0 Å². The van der Waals surface area contributed by atoms with Crippen molar-refractivity contribution in [1.29, 1.82) is 0 Å². The normalized spacial score (nSPS) is 11.3. The molecule has 0 atom stereocenters. The number of methoxy groups -OCH3 is 1. The van der Waals surface area contributed by atoms with E-state index in [0.29, 0.717) is 0 Å². The van der Waals surface area contributed by atoms with E-state index in [4.69, 9.17) is 4.74 Å². The molecule has 1 aromatic heterocycles. The number of ether oxygens (including phenoxy) is 1. The number of rotatable bonds is 10. The lowest BCUT2D eigenvalue weighted by Crippen LogP contribution is -2.31. The van der Waals surface area contributed by atoms with E-state index in [1.165, 1.54) is 0 Å². The van der Waals surface area contributed by atoms with Crippen LogP contribution < -0.4 is 5.32 Å². The lowest BCUT2D eigenvalue weighted by atomic mass is 10.4. The molecule has 1 N–H and O–H groups in total. The van der Waals surface area contributed by atoms with Crippen molar-refractivity contribution in [1.82, 2.24) is 25.0 Å². The van der Waals surface area contributed by atoms with Gasteiger partial charge in [0.05, 0.1) is 13.2 Å². The van der Waals surface area contributed by atoms with Gasteiger partial charge in [0.25, 0.3) is 0 Å². The fourth-order valence-corrected chi connectivity index (χ4v) is 1.70. The van der Waals surface area contributed by atoms with Crippen molar-refractivity contribution < 1.29 is 4.74 Å². The first-order chi connectivity index (χ1) is 8.77. The highest BCUT2D eigenvalue weighted by atomic mass is 16.5. The zero-order valence-electron chi connectivity index (χ0n) is 11.7. The van der Waals surface area contributed by atoms with Gasteiger partial charge in [-0.1, -0.05) is 6.92 Å². The summed E-state index contributed by atoms with van der Waals surface area (Å²) in [7, 11) is 3.82. The minimum atomic E-state index is 0.758. The van der Waals surface area contributed by atoms with E-state index in [9.17, 15) is 0 Å². The summed E-state index contributed by atoms with van der Waals surface area (Å²) in [5.41, 5.74) is 0. The van der Waals surface area contributed by atoms with Crippen molar-refractivity contribution in [2.75, 3.05) is 40.4 Å². The Morgan fingerprint density at radius 2 is 2.28 bits per heavy atom. The summed E-state index contributed by atoms with van der Waals surface area (Å²) < 4.78 is 6.96. The summed E-state index contributed by atoms with van der Waals surface area (Å²) >= 11 is 0. The lowest BCUT2D eigenvalue weighted by Gasteiger charge is -2.16. The molecule has 0 bridgehead atoms. The highest BCUT2D eigenvalue weighted by Gasteiger charge is 2.06. The molecule has 0 unspecified atom stereocenters.